The van der Waals surface area contributed by atoms with E-state index in [0.717, 1.165) is 23.7 Å². The van der Waals surface area contributed by atoms with Gasteiger partial charge in [0, 0.05) is 11.1 Å². The summed E-state index contributed by atoms with van der Waals surface area (Å²) in [6.07, 6.45) is 1.13. The summed E-state index contributed by atoms with van der Waals surface area (Å²) in [5.41, 5.74) is 5.09. The maximum absolute atomic E-state index is 4.66. The molecule has 0 aliphatic carbocycles. The van der Waals surface area contributed by atoms with Gasteiger partial charge in [-0.15, -0.1) is 11.3 Å². The SMILES string of the molecule is CCCNC(c1nc(C)cs1)c1ccc(C)cc1C. The van der Waals surface area contributed by atoms with E-state index in [4.69, 9.17) is 0 Å². The van der Waals surface area contributed by atoms with Crippen LogP contribution in [0, 0.1) is 20.8 Å². The van der Waals surface area contributed by atoms with E-state index < -0.39 is 0 Å². The first kappa shape index (κ1) is 14.2. The summed E-state index contributed by atoms with van der Waals surface area (Å²) >= 11 is 1.74. The average Bonchev–Trinajstić information content (AvgIpc) is 2.78. The van der Waals surface area contributed by atoms with Crippen molar-refractivity contribution in [3.63, 3.8) is 0 Å². The van der Waals surface area contributed by atoms with Crippen molar-refractivity contribution in [3.05, 3.63) is 51.0 Å². The maximum Gasteiger partial charge on any atom is 0.114 e. The number of nitrogens with zero attached hydrogens (tertiary/aromatic N) is 1. The molecule has 0 spiro atoms. The van der Waals surface area contributed by atoms with Crippen LogP contribution in [0.1, 0.15) is 46.8 Å². The van der Waals surface area contributed by atoms with Gasteiger partial charge < -0.3 is 5.32 Å². The topological polar surface area (TPSA) is 24.9 Å². The molecule has 1 aromatic carbocycles. The standard InChI is InChI=1S/C16H22N2S/c1-5-8-17-15(16-18-13(4)10-19-16)14-7-6-11(2)9-12(14)3/h6-7,9-10,15,17H,5,8H2,1-4H3. The van der Waals surface area contributed by atoms with Gasteiger partial charge in [0.05, 0.1) is 6.04 Å². The fraction of sp³-hybridized carbons (Fsp3) is 0.438. The lowest BCUT2D eigenvalue weighted by molar-refractivity contribution is 0.593. The minimum atomic E-state index is 0.222. The van der Waals surface area contributed by atoms with Crippen LogP contribution in [-0.2, 0) is 0 Å². The number of aryl methyl sites for hydroxylation is 3. The molecule has 1 atom stereocenters. The summed E-state index contributed by atoms with van der Waals surface area (Å²) in [7, 11) is 0. The molecule has 3 heteroatoms. The minimum absolute atomic E-state index is 0.222. The number of benzene rings is 1. The third-order valence-corrected chi connectivity index (χ3v) is 4.25. The van der Waals surface area contributed by atoms with Gasteiger partial charge in [0.25, 0.3) is 0 Å². The number of aromatic nitrogens is 1. The van der Waals surface area contributed by atoms with Gasteiger partial charge in [-0.1, -0.05) is 30.7 Å². The number of hydrogen-bond acceptors (Lipinski definition) is 3. The van der Waals surface area contributed by atoms with Gasteiger partial charge in [-0.25, -0.2) is 4.98 Å². The lowest BCUT2D eigenvalue weighted by Gasteiger charge is -2.19. The Morgan fingerprint density at radius 2 is 2.05 bits per heavy atom. The molecular formula is C16H22N2S. The second-order valence-electron chi connectivity index (χ2n) is 5.07. The van der Waals surface area contributed by atoms with Crippen molar-refractivity contribution in [3.8, 4) is 0 Å². The Bertz CT molecular complexity index is 545. The molecule has 0 fully saturated rings. The van der Waals surface area contributed by atoms with Gasteiger partial charge in [0.1, 0.15) is 5.01 Å². The highest BCUT2D eigenvalue weighted by atomic mass is 32.1. The second-order valence-corrected chi connectivity index (χ2v) is 5.96. The third kappa shape index (κ3) is 3.43. The molecule has 2 aromatic rings. The van der Waals surface area contributed by atoms with Crippen LogP contribution in [0.2, 0.25) is 0 Å². The van der Waals surface area contributed by atoms with Crippen molar-refractivity contribution in [1.82, 2.24) is 10.3 Å². The molecule has 0 aliphatic heterocycles. The quantitative estimate of drug-likeness (QED) is 0.885. The Labute approximate surface area is 119 Å². The van der Waals surface area contributed by atoms with Crippen LogP contribution in [0.3, 0.4) is 0 Å². The zero-order valence-electron chi connectivity index (χ0n) is 12.2. The summed E-state index contributed by atoms with van der Waals surface area (Å²) < 4.78 is 0. The third-order valence-electron chi connectivity index (χ3n) is 3.22. The highest BCUT2D eigenvalue weighted by Crippen LogP contribution is 2.28. The van der Waals surface area contributed by atoms with E-state index in [9.17, 15) is 0 Å². The van der Waals surface area contributed by atoms with Gasteiger partial charge in [0.15, 0.2) is 0 Å². The van der Waals surface area contributed by atoms with E-state index in [0.29, 0.717) is 0 Å². The molecule has 0 amide bonds. The Kier molecular flexibility index (Phi) is 4.72. The van der Waals surface area contributed by atoms with E-state index >= 15 is 0 Å². The van der Waals surface area contributed by atoms with Crippen LogP contribution in [0.5, 0.6) is 0 Å². The highest BCUT2D eigenvalue weighted by molar-refractivity contribution is 7.09. The summed E-state index contributed by atoms with van der Waals surface area (Å²) in [5.74, 6) is 0. The maximum atomic E-state index is 4.66. The van der Waals surface area contributed by atoms with Crippen molar-refractivity contribution in [2.45, 2.75) is 40.2 Å². The number of nitrogens with one attached hydrogen (secondary N) is 1. The van der Waals surface area contributed by atoms with Crippen LogP contribution in [0.15, 0.2) is 23.6 Å². The number of thiazole rings is 1. The van der Waals surface area contributed by atoms with Gasteiger partial charge >= 0.3 is 0 Å². The summed E-state index contributed by atoms with van der Waals surface area (Å²) in [5, 5.41) is 6.91. The van der Waals surface area contributed by atoms with Crippen molar-refractivity contribution < 1.29 is 0 Å². The zero-order chi connectivity index (χ0) is 13.8. The highest BCUT2D eigenvalue weighted by Gasteiger charge is 2.18. The van der Waals surface area contributed by atoms with Crippen LogP contribution < -0.4 is 5.32 Å². The fourth-order valence-corrected chi connectivity index (χ4v) is 3.16. The second kappa shape index (κ2) is 6.31. The molecule has 1 heterocycles. The lowest BCUT2D eigenvalue weighted by atomic mass is 9.99. The molecule has 19 heavy (non-hydrogen) atoms. The summed E-state index contributed by atoms with van der Waals surface area (Å²) in [6, 6.07) is 6.88. The average molecular weight is 274 g/mol. The van der Waals surface area contributed by atoms with Crippen LogP contribution >= 0.6 is 11.3 Å². The first-order valence-electron chi connectivity index (χ1n) is 6.84. The first-order valence-corrected chi connectivity index (χ1v) is 7.72. The molecule has 0 saturated heterocycles. The van der Waals surface area contributed by atoms with Crippen LogP contribution in [0.25, 0.3) is 0 Å². The van der Waals surface area contributed by atoms with Crippen LogP contribution in [0.4, 0.5) is 0 Å². The van der Waals surface area contributed by atoms with Crippen molar-refractivity contribution >= 4 is 11.3 Å². The Morgan fingerprint density at radius 1 is 1.26 bits per heavy atom. The molecule has 0 aliphatic rings. The number of rotatable bonds is 5. The van der Waals surface area contributed by atoms with Gasteiger partial charge in [-0.05, 0) is 44.9 Å². The molecule has 2 rings (SSSR count). The van der Waals surface area contributed by atoms with Crippen molar-refractivity contribution in [1.29, 1.82) is 0 Å². The predicted octanol–water partition coefficient (Wildman–Crippen LogP) is 4.16. The van der Waals surface area contributed by atoms with Gasteiger partial charge in [0.2, 0.25) is 0 Å². The molecule has 1 aromatic heterocycles. The van der Waals surface area contributed by atoms with E-state index in [1.807, 2.05) is 0 Å². The summed E-state index contributed by atoms with van der Waals surface area (Å²) in [6.45, 7) is 9.58. The van der Waals surface area contributed by atoms with Crippen molar-refractivity contribution in [2.75, 3.05) is 6.54 Å². The van der Waals surface area contributed by atoms with Gasteiger partial charge in [-0.2, -0.15) is 0 Å². The lowest BCUT2D eigenvalue weighted by Crippen LogP contribution is -2.23. The van der Waals surface area contributed by atoms with Gasteiger partial charge in [-0.3, -0.25) is 0 Å². The minimum Gasteiger partial charge on any atom is -0.304 e. The molecule has 0 bridgehead atoms. The zero-order valence-corrected chi connectivity index (χ0v) is 13.0. The van der Waals surface area contributed by atoms with E-state index in [-0.39, 0.29) is 6.04 Å². The predicted molar refractivity (Wildman–Crippen MR) is 82.9 cm³/mol. The molecule has 2 nitrogen and oxygen atoms in total. The van der Waals surface area contributed by atoms with Crippen molar-refractivity contribution in [2.24, 2.45) is 0 Å². The van der Waals surface area contributed by atoms with Crippen LogP contribution in [-0.4, -0.2) is 11.5 Å². The first-order chi connectivity index (χ1) is 9.11. The Hall–Kier alpha value is -1.19. The molecule has 0 radical (unpaired) electrons. The van der Waals surface area contributed by atoms with E-state index in [1.54, 1.807) is 11.3 Å². The Morgan fingerprint density at radius 3 is 2.63 bits per heavy atom. The molecule has 0 saturated carbocycles. The number of hydrogen-bond donors (Lipinski definition) is 1. The fourth-order valence-electron chi connectivity index (χ4n) is 2.27. The van der Waals surface area contributed by atoms with E-state index in [1.165, 1.54) is 16.7 Å². The Balaban J connectivity index is 2.36. The molecule has 102 valence electrons. The monoisotopic (exact) mass is 274 g/mol. The smallest absolute Gasteiger partial charge is 0.114 e. The largest absolute Gasteiger partial charge is 0.304 e. The molecular weight excluding hydrogens is 252 g/mol. The molecule has 1 unspecified atom stereocenters. The normalized spacial score (nSPS) is 12.6. The summed E-state index contributed by atoms with van der Waals surface area (Å²) in [4.78, 5) is 4.66. The molecule has 1 N–H and O–H groups in total. The van der Waals surface area contributed by atoms with E-state index in [2.05, 4.69) is 61.6 Å².